The van der Waals surface area contributed by atoms with Gasteiger partial charge in [0.15, 0.2) is 5.13 Å². The molecule has 2 N–H and O–H groups in total. The van der Waals surface area contributed by atoms with Gasteiger partial charge in [-0.3, -0.25) is 0 Å². The summed E-state index contributed by atoms with van der Waals surface area (Å²) < 4.78 is 0. The Balaban J connectivity index is 2.22. The first-order valence-corrected chi connectivity index (χ1v) is 5.65. The molecular weight excluding hydrogens is 228 g/mol. The summed E-state index contributed by atoms with van der Waals surface area (Å²) >= 11 is 7.43. The van der Waals surface area contributed by atoms with E-state index in [9.17, 15) is 0 Å². The maximum absolute atomic E-state index is 6.00. The molecule has 0 aliphatic rings. The minimum absolute atomic E-state index is 0.578. The second-order valence-corrected chi connectivity index (χ2v) is 4.26. The highest BCUT2D eigenvalue weighted by molar-refractivity contribution is 7.13. The predicted molar refractivity (Wildman–Crippen MR) is 66.9 cm³/mol. The summed E-state index contributed by atoms with van der Waals surface area (Å²) in [4.78, 5) is 4.12. The van der Waals surface area contributed by atoms with Crippen LogP contribution in [-0.2, 0) is 0 Å². The molecule has 0 spiro atoms. The number of nitrogens with two attached hydrogens (primary N) is 1. The Hall–Kier alpha value is -1.32. The Morgan fingerprint density at radius 3 is 2.73 bits per heavy atom. The second-order valence-electron chi connectivity index (χ2n) is 2.97. The van der Waals surface area contributed by atoms with Crippen molar-refractivity contribution in [3.63, 3.8) is 0 Å². The zero-order valence-corrected chi connectivity index (χ0v) is 9.42. The van der Waals surface area contributed by atoms with Gasteiger partial charge in [-0.25, -0.2) is 4.98 Å². The summed E-state index contributed by atoms with van der Waals surface area (Å²) in [5.41, 5.74) is 7.36. The minimum atomic E-state index is 0.578. The molecule has 0 unspecified atom stereocenters. The fourth-order valence-corrected chi connectivity index (χ4v) is 1.89. The van der Waals surface area contributed by atoms with Gasteiger partial charge in [-0.05, 0) is 17.7 Å². The van der Waals surface area contributed by atoms with Crippen LogP contribution >= 0.6 is 22.9 Å². The van der Waals surface area contributed by atoms with Gasteiger partial charge in [-0.15, -0.1) is 11.3 Å². The maximum Gasteiger partial charge on any atom is 0.180 e. The first-order valence-electron chi connectivity index (χ1n) is 4.39. The van der Waals surface area contributed by atoms with Crippen LogP contribution in [-0.4, -0.2) is 4.98 Å². The maximum atomic E-state index is 6.00. The number of nitrogen functional groups attached to an aromatic ring is 1. The smallest absolute Gasteiger partial charge is 0.180 e. The lowest BCUT2D eigenvalue weighted by molar-refractivity contribution is 1.39. The molecule has 0 saturated carbocycles. The number of hydrogen-bond acceptors (Lipinski definition) is 3. The molecule has 0 aliphatic heterocycles. The van der Waals surface area contributed by atoms with Gasteiger partial charge in [0, 0.05) is 10.4 Å². The molecule has 0 atom stereocenters. The van der Waals surface area contributed by atoms with Crippen LogP contribution in [0.2, 0.25) is 5.02 Å². The molecule has 0 aliphatic carbocycles. The van der Waals surface area contributed by atoms with Crippen molar-refractivity contribution in [3.8, 4) is 0 Å². The fourth-order valence-electron chi connectivity index (χ4n) is 1.16. The molecule has 15 heavy (non-hydrogen) atoms. The van der Waals surface area contributed by atoms with E-state index in [0.717, 1.165) is 16.3 Å². The fraction of sp³-hybridized carbons (Fsp3) is 0. The molecule has 1 aromatic carbocycles. The Labute approximate surface area is 97.0 Å². The van der Waals surface area contributed by atoms with Crippen molar-refractivity contribution < 1.29 is 0 Å². The summed E-state index contributed by atoms with van der Waals surface area (Å²) in [6.07, 6.45) is 3.82. The molecule has 1 aromatic heterocycles. The van der Waals surface area contributed by atoms with E-state index in [0.29, 0.717) is 5.13 Å². The van der Waals surface area contributed by atoms with Gasteiger partial charge in [-0.2, -0.15) is 0 Å². The third-order valence-corrected chi connectivity index (χ3v) is 2.91. The average Bonchev–Trinajstić information content (AvgIpc) is 2.63. The molecule has 1 heterocycles. The summed E-state index contributed by atoms with van der Waals surface area (Å²) in [5.74, 6) is 0. The standard InChI is InChI=1S/C11H9ClN2S/c12-10-4-2-1-3-8(10)5-6-9-7-15-11(13)14-9/h1-7H,(H2,13,14). The van der Waals surface area contributed by atoms with Crippen molar-refractivity contribution in [2.75, 3.05) is 5.73 Å². The Kier molecular flexibility index (Phi) is 3.04. The first kappa shape index (κ1) is 10.2. The van der Waals surface area contributed by atoms with Gasteiger partial charge in [0.1, 0.15) is 0 Å². The molecule has 76 valence electrons. The molecule has 4 heteroatoms. The second kappa shape index (κ2) is 4.47. The van der Waals surface area contributed by atoms with E-state index in [1.807, 2.05) is 41.8 Å². The molecule has 0 saturated heterocycles. The zero-order valence-electron chi connectivity index (χ0n) is 7.85. The van der Waals surface area contributed by atoms with E-state index in [-0.39, 0.29) is 0 Å². The number of nitrogens with zero attached hydrogens (tertiary/aromatic N) is 1. The average molecular weight is 237 g/mol. The van der Waals surface area contributed by atoms with Crippen LogP contribution in [0.4, 0.5) is 5.13 Å². The number of hydrogen-bond donors (Lipinski definition) is 1. The Morgan fingerprint density at radius 1 is 1.27 bits per heavy atom. The number of halogens is 1. The lowest BCUT2D eigenvalue weighted by Crippen LogP contribution is -1.81. The molecule has 0 radical (unpaired) electrons. The normalized spacial score (nSPS) is 11.0. The lowest BCUT2D eigenvalue weighted by Gasteiger charge is -1.95. The molecule has 0 amide bonds. The topological polar surface area (TPSA) is 38.9 Å². The summed E-state index contributed by atoms with van der Waals surface area (Å²) in [6, 6.07) is 7.66. The number of aromatic nitrogens is 1. The Bertz CT molecular complexity index is 491. The van der Waals surface area contributed by atoms with Crippen molar-refractivity contribution in [1.82, 2.24) is 4.98 Å². The van der Waals surface area contributed by atoms with Gasteiger partial charge < -0.3 is 5.73 Å². The molecule has 2 rings (SSSR count). The van der Waals surface area contributed by atoms with E-state index < -0.39 is 0 Å². The monoisotopic (exact) mass is 236 g/mol. The van der Waals surface area contributed by atoms with Crippen LogP contribution in [0.3, 0.4) is 0 Å². The summed E-state index contributed by atoms with van der Waals surface area (Å²) in [5, 5.41) is 3.22. The van der Waals surface area contributed by atoms with E-state index in [1.165, 1.54) is 11.3 Å². The zero-order chi connectivity index (χ0) is 10.7. The van der Waals surface area contributed by atoms with Crippen molar-refractivity contribution in [1.29, 1.82) is 0 Å². The van der Waals surface area contributed by atoms with Gasteiger partial charge in [0.25, 0.3) is 0 Å². The highest BCUT2D eigenvalue weighted by Crippen LogP contribution is 2.19. The van der Waals surface area contributed by atoms with Crippen molar-refractivity contribution in [2.24, 2.45) is 0 Å². The molecular formula is C11H9ClN2S. The highest BCUT2D eigenvalue weighted by Gasteiger charge is 1.95. The van der Waals surface area contributed by atoms with Crippen molar-refractivity contribution >= 4 is 40.2 Å². The van der Waals surface area contributed by atoms with Crippen LogP contribution in [0.15, 0.2) is 29.6 Å². The van der Waals surface area contributed by atoms with Gasteiger partial charge in [0.2, 0.25) is 0 Å². The number of benzene rings is 1. The summed E-state index contributed by atoms with van der Waals surface area (Å²) in [6.45, 7) is 0. The number of thiazole rings is 1. The minimum Gasteiger partial charge on any atom is -0.375 e. The van der Waals surface area contributed by atoms with Crippen LogP contribution < -0.4 is 5.73 Å². The van der Waals surface area contributed by atoms with Crippen LogP contribution in [0.5, 0.6) is 0 Å². The molecule has 0 fully saturated rings. The van der Waals surface area contributed by atoms with Crippen LogP contribution in [0, 0.1) is 0 Å². The van der Waals surface area contributed by atoms with Crippen molar-refractivity contribution in [3.05, 3.63) is 45.9 Å². The third-order valence-electron chi connectivity index (χ3n) is 1.88. The third kappa shape index (κ3) is 2.58. The summed E-state index contributed by atoms with van der Waals surface area (Å²) in [7, 11) is 0. The molecule has 2 nitrogen and oxygen atoms in total. The predicted octanol–water partition coefficient (Wildman–Crippen LogP) is 3.55. The molecule has 2 aromatic rings. The SMILES string of the molecule is Nc1nc(C=Cc2ccccc2Cl)cs1. The highest BCUT2D eigenvalue weighted by atomic mass is 35.5. The van der Waals surface area contributed by atoms with Crippen molar-refractivity contribution in [2.45, 2.75) is 0 Å². The van der Waals surface area contributed by atoms with Crippen LogP contribution in [0.1, 0.15) is 11.3 Å². The largest absolute Gasteiger partial charge is 0.375 e. The van der Waals surface area contributed by atoms with E-state index in [4.69, 9.17) is 17.3 Å². The number of anilines is 1. The van der Waals surface area contributed by atoms with Gasteiger partial charge in [0.05, 0.1) is 5.69 Å². The van der Waals surface area contributed by atoms with E-state index in [2.05, 4.69) is 4.98 Å². The molecule has 0 bridgehead atoms. The number of rotatable bonds is 2. The van der Waals surface area contributed by atoms with Crippen LogP contribution in [0.25, 0.3) is 12.2 Å². The van der Waals surface area contributed by atoms with E-state index in [1.54, 1.807) is 0 Å². The van der Waals surface area contributed by atoms with Gasteiger partial charge in [-0.1, -0.05) is 35.9 Å². The van der Waals surface area contributed by atoms with Gasteiger partial charge >= 0.3 is 0 Å². The van der Waals surface area contributed by atoms with E-state index >= 15 is 0 Å². The lowest BCUT2D eigenvalue weighted by atomic mass is 10.2. The first-order chi connectivity index (χ1) is 7.25. The Morgan fingerprint density at radius 2 is 2.07 bits per heavy atom. The quantitative estimate of drug-likeness (QED) is 0.866.